The Morgan fingerprint density at radius 2 is 2.07 bits per heavy atom. The van der Waals surface area contributed by atoms with E-state index in [0.29, 0.717) is 0 Å². The van der Waals surface area contributed by atoms with Gasteiger partial charge in [0.1, 0.15) is 0 Å². The van der Waals surface area contributed by atoms with E-state index >= 15 is 0 Å². The van der Waals surface area contributed by atoms with E-state index < -0.39 is 10.8 Å². The molecule has 0 unspecified atom stereocenters. The van der Waals surface area contributed by atoms with E-state index in [0.717, 1.165) is 36.8 Å². The topological polar surface area (TPSA) is 46.3 Å². The molecular weight excluding hydrogens is 208 g/mol. The van der Waals surface area contributed by atoms with E-state index in [-0.39, 0.29) is 0 Å². The van der Waals surface area contributed by atoms with Crippen LogP contribution in [-0.4, -0.2) is 33.7 Å². The first-order valence-electron chi connectivity index (χ1n) is 5.16. The van der Waals surface area contributed by atoms with Crippen LogP contribution in [0.25, 0.3) is 0 Å². The molecule has 1 saturated heterocycles. The van der Waals surface area contributed by atoms with Crippen LogP contribution >= 0.6 is 0 Å². The van der Waals surface area contributed by atoms with Crippen LogP contribution < -0.4 is 5.73 Å². The SMILES string of the molecule is Nc1cccc(CN2CCS(=O)CC2)c1. The van der Waals surface area contributed by atoms with Gasteiger partial charge in [-0.05, 0) is 17.7 Å². The molecule has 1 aromatic carbocycles. The molecule has 2 rings (SSSR count). The molecule has 0 saturated carbocycles. The molecule has 0 amide bonds. The molecule has 0 spiro atoms. The van der Waals surface area contributed by atoms with E-state index in [2.05, 4.69) is 11.0 Å². The Kier molecular flexibility index (Phi) is 3.38. The summed E-state index contributed by atoms with van der Waals surface area (Å²) >= 11 is 0. The number of hydrogen-bond acceptors (Lipinski definition) is 3. The highest BCUT2D eigenvalue weighted by molar-refractivity contribution is 7.85. The lowest BCUT2D eigenvalue weighted by atomic mass is 10.2. The van der Waals surface area contributed by atoms with Gasteiger partial charge in [-0.25, -0.2) is 0 Å². The highest BCUT2D eigenvalue weighted by Crippen LogP contribution is 2.11. The van der Waals surface area contributed by atoms with Crippen molar-refractivity contribution in [2.45, 2.75) is 6.54 Å². The standard InChI is InChI=1S/C11H16N2OS/c12-11-3-1-2-10(8-11)9-13-4-6-15(14)7-5-13/h1-3,8H,4-7,9,12H2. The van der Waals surface area contributed by atoms with Gasteiger partial charge < -0.3 is 5.73 Å². The normalized spacial score (nSPS) is 19.2. The summed E-state index contributed by atoms with van der Waals surface area (Å²) in [6.07, 6.45) is 0. The van der Waals surface area contributed by atoms with Crippen molar-refractivity contribution in [3.05, 3.63) is 29.8 Å². The van der Waals surface area contributed by atoms with E-state index in [1.807, 2.05) is 18.2 Å². The fraction of sp³-hybridized carbons (Fsp3) is 0.455. The first-order valence-corrected chi connectivity index (χ1v) is 6.64. The minimum Gasteiger partial charge on any atom is -0.399 e. The number of anilines is 1. The number of benzene rings is 1. The van der Waals surface area contributed by atoms with E-state index in [1.165, 1.54) is 5.56 Å². The van der Waals surface area contributed by atoms with Crippen molar-refractivity contribution in [2.75, 3.05) is 30.3 Å². The summed E-state index contributed by atoms with van der Waals surface area (Å²) in [5.74, 6) is 1.62. The van der Waals surface area contributed by atoms with Crippen LogP contribution in [0.1, 0.15) is 5.56 Å². The molecule has 1 fully saturated rings. The Balaban J connectivity index is 1.94. The van der Waals surface area contributed by atoms with Crippen molar-refractivity contribution < 1.29 is 4.21 Å². The lowest BCUT2D eigenvalue weighted by molar-refractivity contribution is 0.291. The maximum Gasteiger partial charge on any atom is 0.0363 e. The smallest absolute Gasteiger partial charge is 0.0363 e. The van der Waals surface area contributed by atoms with Gasteiger partial charge in [0.25, 0.3) is 0 Å². The van der Waals surface area contributed by atoms with E-state index in [1.54, 1.807) is 0 Å². The Labute approximate surface area is 92.7 Å². The highest BCUT2D eigenvalue weighted by Gasteiger charge is 2.14. The van der Waals surface area contributed by atoms with Gasteiger partial charge >= 0.3 is 0 Å². The first-order chi connectivity index (χ1) is 7.24. The molecule has 1 aliphatic heterocycles. The maximum absolute atomic E-state index is 11.2. The summed E-state index contributed by atoms with van der Waals surface area (Å²) in [4.78, 5) is 2.33. The Morgan fingerprint density at radius 1 is 1.33 bits per heavy atom. The molecule has 0 aromatic heterocycles. The van der Waals surface area contributed by atoms with E-state index in [9.17, 15) is 4.21 Å². The Hall–Kier alpha value is -0.870. The average molecular weight is 224 g/mol. The molecule has 1 aromatic rings. The summed E-state index contributed by atoms with van der Waals surface area (Å²) in [6, 6.07) is 7.97. The molecular formula is C11H16N2OS. The maximum atomic E-state index is 11.2. The quantitative estimate of drug-likeness (QED) is 0.757. The van der Waals surface area contributed by atoms with Gasteiger partial charge in [-0.15, -0.1) is 0 Å². The Morgan fingerprint density at radius 3 is 2.73 bits per heavy atom. The van der Waals surface area contributed by atoms with Gasteiger partial charge in [0, 0.05) is 47.6 Å². The number of nitrogens with two attached hydrogens (primary N) is 1. The average Bonchev–Trinajstić information content (AvgIpc) is 2.22. The molecule has 1 heterocycles. The second kappa shape index (κ2) is 4.77. The second-order valence-electron chi connectivity index (χ2n) is 3.87. The van der Waals surface area contributed by atoms with Crippen LogP contribution in [0.15, 0.2) is 24.3 Å². The van der Waals surface area contributed by atoms with Gasteiger partial charge in [0.2, 0.25) is 0 Å². The number of nitrogens with zero attached hydrogens (tertiary/aromatic N) is 1. The zero-order valence-corrected chi connectivity index (χ0v) is 9.50. The van der Waals surface area contributed by atoms with E-state index in [4.69, 9.17) is 5.73 Å². The van der Waals surface area contributed by atoms with Gasteiger partial charge in [-0.3, -0.25) is 9.11 Å². The monoisotopic (exact) mass is 224 g/mol. The summed E-state index contributed by atoms with van der Waals surface area (Å²) in [7, 11) is -0.590. The van der Waals surface area contributed by atoms with Crippen molar-refractivity contribution in [1.29, 1.82) is 0 Å². The third-order valence-corrected chi connectivity index (χ3v) is 3.90. The zero-order chi connectivity index (χ0) is 10.7. The molecule has 4 heteroatoms. The summed E-state index contributed by atoms with van der Waals surface area (Å²) in [6.45, 7) is 2.78. The molecule has 82 valence electrons. The van der Waals surface area contributed by atoms with Gasteiger partial charge in [0.05, 0.1) is 0 Å². The van der Waals surface area contributed by atoms with Crippen molar-refractivity contribution in [3.63, 3.8) is 0 Å². The molecule has 1 aliphatic rings. The summed E-state index contributed by atoms with van der Waals surface area (Å²) in [5.41, 5.74) is 7.77. The molecule has 0 aliphatic carbocycles. The van der Waals surface area contributed by atoms with Crippen molar-refractivity contribution >= 4 is 16.5 Å². The summed E-state index contributed by atoms with van der Waals surface area (Å²) in [5, 5.41) is 0. The fourth-order valence-electron chi connectivity index (χ4n) is 1.78. The predicted molar refractivity (Wildman–Crippen MR) is 64.0 cm³/mol. The highest BCUT2D eigenvalue weighted by atomic mass is 32.2. The Bertz CT molecular complexity index is 357. The van der Waals surface area contributed by atoms with Crippen LogP contribution in [0, 0.1) is 0 Å². The van der Waals surface area contributed by atoms with Crippen molar-refractivity contribution in [3.8, 4) is 0 Å². The third kappa shape index (κ3) is 3.04. The molecule has 2 N–H and O–H groups in total. The van der Waals surface area contributed by atoms with Gasteiger partial charge in [0.15, 0.2) is 0 Å². The molecule has 0 bridgehead atoms. The van der Waals surface area contributed by atoms with Gasteiger partial charge in [-0.1, -0.05) is 12.1 Å². The van der Waals surface area contributed by atoms with Crippen LogP contribution in [0.2, 0.25) is 0 Å². The van der Waals surface area contributed by atoms with Crippen LogP contribution in [0.3, 0.4) is 0 Å². The van der Waals surface area contributed by atoms with Gasteiger partial charge in [-0.2, -0.15) is 0 Å². The minimum absolute atomic E-state index is 0.590. The number of rotatable bonds is 2. The lowest BCUT2D eigenvalue weighted by Crippen LogP contribution is -2.37. The zero-order valence-electron chi connectivity index (χ0n) is 8.69. The number of hydrogen-bond donors (Lipinski definition) is 1. The van der Waals surface area contributed by atoms with Crippen molar-refractivity contribution in [1.82, 2.24) is 4.90 Å². The second-order valence-corrected chi connectivity index (χ2v) is 5.57. The first kappa shape index (κ1) is 10.6. The lowest BCUT2D eigenvalue weighted by Gasteiger charge is -2.26. The molecule has 3 nitrogen and oxygen atoms in total. The molecule has 0 radical (unpaired) electrons. The third-order valence-electron chi connectivity index (χ3n) is 2.63. The number of nitrogen functional groups attached to an aromatic ring is 1. The van der Waals surface area contributed by atoms with Crippen LogP contribution in [-0.2, 0) is 17.3 Å². The summed E-state index contributed by atoms with van der Waals surface area (Å²) < 4.78 is 11.2. The van der Waals surface area contributed by atoms with Crippen LogP contribution in [0.4, 0.5) is 5.69 Å². The largest absolute Gasteiger partial charge is 0.399 e. The van der Waals surface area contributed by atoms with Crippen molar-refractivity contribution in [2.24, 2.45) is 0 Å². The molecule has 15 heavy (non-hydrogen) atoms. The minimum atomic E-state index is -0.590. The molecule has 0 atom stereocenters. The fourth-order valence-corrected chi connectivity index (χ4v) is 2.91. The predicted octanol–water partition coefficient (Wildman–Crippen LogP) is 0.833. The van der Waals surface area contributed by atoms with Crippen LogP contribution in [0.5, 0.6) is 0 Å².